The minimum Gasteiger partial charge on any atom is -0.381 e. The van der Waals surface area contributed by atoms with Crippen molar-refractivity contribution in [2.24, 2.45) is 0 Å². The Kier molecular flexibility index (Phi) is 16.5. The molecule has 1 atom stereocenters. The molecule has 0 aliphatic carbocycles. The van der Waals surface area contributed by atoms with E-state index < -0.39 is 0 Å². The van der Waals surface area contributed by atoms with Gasteiger partial charge >= 0.3 is 0 Å². The molecule has 0 spiro atoms. The van der Waals surface area contributed by atoms with Crippen molar-refractivity contribution < 1.29 is 4.74 Å². The fourth-order valence-corrected chi connectivity index (χ4v) is 2.38. The van der Waals surface area contributed by atoms with Gasteiger partial charge in [-0.1, -0.05) is 70.4 Å². The lowest BCUT2D eigenvalue weighted by Gasteiger charge is -2.08. The maximum atomic E-state index is 5.15. The van der Waals surface area contributed by atoms with E-state index >= 15 is 0 Å². The number of allylic oxidation sites excluding steroid dienone is 2. The first-order valence-corrected chi connectivity index (χ1v) is 8.82. The molecule has 0 aromatic heterocycles. The van der Waals surface area contributed by atoms with Gasteiger partial charge in [0.05, 0.1) is 6.10 Å². The molecule has 0 saturated carbocycles. The Morgan fingerprint density at radius 1 is 0.800 bits per heavy atom. The van der Waals surface area contributed by atoms with Crippen LogP contribution in [0.5, 0.6) is 0 Å². The Morgan fingerprint density at radius 2 is 1.30 bits per heavy atom. The molecule has 20 heavy (non-hydrogen) atoms. The average Bonchev–Trinajstić information content (AvgIpc) is 2.47. The zero-order valence-corrected chi connectivity index (χ0v) is 14.0. The predicted molar refractivity (Wildman–Crippen MR) is 91.0 cm³/mol. The number of hydrogen-bond acceptors (Lipinski definition) is 1. The molecule has 1 nitrogen and oxygen atoms in total. The molecule has 0 aromatic carbocycles. The van der Waals surface area contributed by atoms with Crippen molar-refractivity contribution in [3.8, 4) is 0 Å². The lowest BCUT2D eigenvalue weighted by atomic mass is 10.1. The third kappa shape index (κ3) is 15.8. The highest BCUT2D eigenvalue weighted by molar-refractivity contribution is 4.81. The standard InChI is InChI=1S/C19H37O/c1-4-5-6-7-8-9-10-11-12-13-14-15-16-17-18-19(2)20-3/h8-9,19H,2,4-7,10-18H2,1,3H3. The third-order valence-electron chi connectivity index (χ3n) is 3.87. The van der Waals surface area contributed by atoms with Gasteiger partial charge < -0.3 is 4.74 Å². The van der Waals surface area contributed by atoms with Gasteiger partial charge in [-0.25, -0.2) is 0 Å². The van der Waals surface area contributed by atoms with E-state index in [1.807, 2.05) is 0 Å². The van der Waals surface area contributed by atoms with Gasteiger partial charge in [0, 0.05) is 7.11 Å². The van der Waals surface area contributed by atoms with E-state index in [1.54, 1.807) is 7.11 Å². The zero-order valence-electron chi connectivity index (χ0n) is 14.0. The van der Waals surface area contributed by atoms with Crippen molar-refractivity contribution in [1.82, 2.24) is 0 Å². The molecule has 0 bridgehead atoms. The van der Waals surface area contributed by atoms with Crippen LogP contribution in [-0.2, 0) is 4.74 Å². The van der Waals surface area contributed by atoms with Crippen LogP contribution in [0.3, 0.4) is 0 Å². The smallest absolute Gasteiger partial charge is 0.0572 e. The molecular weight excluding hydrogens is 244 g/mol. The number of ether oxygens (including phenoxy) is 1. The molecule has 0 N–H and O–H groups in total. The Balaban J connectivity index is 3.06. The van der Waals surface area contributed by atoms with Crippen LogP contribution < -0.4 is 0 Å². The van der Waals surface area contributed by atoms with E-state index in [2.05, 4.69) is 26.0 Å². The molecule has 0 amide bonds. The van der Waals surface area contributed by atoms with Crippen LogP contribution in [0.1, 0.15) is 90.4 Å². The highest BCUT2D eigenvalue weighted by Gasteiger charge is 1.98. The highest BCUT2D eigenvalue weighted by Crippen LogP contribution is 2.11. The van der Waals surface area contributed by atoms with Crippen LogP contribution in [0.15, 0.2) is 12.2 Å². The fraction of sp³-hybridized carbons (Fsp3) is 0.842. The van der Waals surface area contributed by atoms with Gasteiger partial charge in [0.2, 0.25) is 0 Å². The Bertz CT molecular complexity index is 198. The maximum absolute atomic E-state index is 5.15. The molecule has 0 aliphatic heterocycles. The van der Waals surface area contributed by atoms with Crippen molar-refractivity contribution in [3.63, 3.8) is 0 Å². The summed E-state index contributed by atoms with van der Waals surface area (Å²) in [4.78, 5) is 0. The second kappa shape index (κ2) is 16.8. The molecule has 0 rings (SSSR count). The summed E-state index contributed by atoms with van der Waals surface area (Å²) < 4.78 is 5.15. The first kappa shape index (κ1) is 19.7. The van der Waals surface area contributed by atoms with Gasteiger partial charge in [0.15, 0.2) is 0 Å². The van der Waals surface area contributed by atoms with Crippen molar-refractivity contribution >= 4 is 0 Å². The summed E-state index contributed by atoms with van der Waals surface area (Å²) in [6.45, 7) is 6.19. The van der Waals surface area contributed by atoms with Crippen molar-refractivity contribution in [1.29, 1.82) is 0 Å². The Morgan fingerprint density at radius 3 is 1.85 bits per heavy atom. The van der Waals surface area contributed by atoms with Gasteiger partial charge in [-0.2, -0.15) is 0 Å². The fourth-order valence-electron chi connectivity index (χ4n) is 2.38. The van der Waals surface area contributed by atoms with Crippen LogP contribution in [0.25, 0.3) is 0 Å². The second-order valence-electron chi connectivity index (χ2n) is 5.88. The highest BCUT2D eigenvalue weighted by atomic mass is 16.5. The number of unbranched alkanes of at least 4 members (excludes halogenated alkanes) is 10. The van der Waals surface area contributed by atoms with Crippen LogP contribution in [0.4, 0.5) is 0 Å². The summed E-state index contributed by atoms with van der Waals surface area (Å²) in [7, 11) is 1.75. The minimum atomic E-state index is 0.194. The van der Waals surface area contributed by atoms with Gasteiger partial charge in [-0.05, 0) is 39.0 Å². The lowest BCUT2D eigenvalue weighted by molar-refractivity contribution is 0.129. The number of methoxy groups -OCH3 is 1. The summed E-state index contributed by atoms with van der Waals surface area (Å²) in [6.07, 6.45) is 22.3. The average molecular weight is 282 g/mol. The molecule has 1 heteroatoms. The number of rotatable bonds is 15. The SMILES string of the molecule is [CH2]C(CCCCCCCCCC=CCCCCC)OC. The summed E-state index contributed by atoms with van der Waals surface area (Å²) >= 11 is 0. The van der Waals surface area contributed by atoms with Crippen molar-refractivity contribution in [3.05, 3.63) is 19.1 Å². The van der Waals surface area contributed by atoms with Gasteiger partial charge in [0.25, 0.3) is 0 Å². The van der Waals surface area contributed by atoms with Crippen LogP contribution in [0, 0.1) is 6.92 Å². The lowest BCUT2D eigenvalue weighted by Crippen LogP contribution is -2.04. The molecule has 0 fully saturated rings. The minimum absolute atomic E-state index is 0.194. The zero-order chi connectivity index (χ0) is 14.9. The van der Waals surface area contributed by atoms with Crippen LogP contribution >= 0.6 is 0 Å². The molecule has 0 aromatic rings. The van der Waals surface area contributed by atoms with Crippen molar-refractivity contribution in [2.75, 3.05) is 7.11 Å². The quantitative estimate of drug-likeness (QED) is 0.246. The van der Waals surface area contributed by atoms with E-state index in [1.165, 1.54) is 77.0 Å². The molecule has 0 aliphatic rings. The van der Waals surface area contributed by atoms with Crippen LogP contribution in [-0.4, -0.2) is 13.2 Å². The van der Waals surface area contributed by atoms with E-state index in [-0.39, 0.29) is 6.10 Å². The predicted octanol–water partition coefficient (Wildman–Crippen LogP) is 6.48. The molecule has 0 saturated heterocycles. The summed E-state index contributed by atoms with van der Waals surface area (Å²) in [5.74, 6) is 0. The normalized spacial score (nSPS) is 13.2. The summed E-state index contributed by atoms with van der Waals surface area (Å²) in [5.41, 5.74) is 0. The summed E-state index contributed by atoms with van der Waals surface area (Å²) in [6, 6.07) is 0. The summed E-state index contributed by atoms with van der Waals surface area (Å²) in [5, 5.41) is 0. The second-order valence-corrected chi connectivity index (χ2v) is 5.88. The largest absolute Gasteiger partial charge is 0.381 e. The van der Waals surface area contributed by atoms with Gasteiger partial charge in [-0.3, -0.25) is 0 Å². The molecular formula is C19H37O. The van der Waals surface area contributed by atoms with Crippen molar-refractivity contribution in [2.45, 2.75) is 96.5 Å². The van der Waals surface area contributed by atoms with Gasteiger partial charge in [0.1, 0.15) is 0 Å². The van der Waals surface area contributed by atoms with E-state index in [0.29, 0.717) is 0 Å². The maximum Gasteiger partial charge on any atom is 0.0572 e. The first-order chi connectivity index (χ1) is 9.81. The number of hydrogen-bond donors (Lipinski definition) is 0. The topological polar surface area (TPSA) is 9.23 Å². The molecule has 0 heterocycles. The molecule has 1 radical (unpaired) electrons. The van der Waals surface area contributed by atoms with Gasteiger partial charge in [-0.15, -0.1) is 0 Å². The Labute approximate surface area is 128 Å². The Hall–Kier alpha value is -0.300. The van der Waals surface area contributed by atoms with E-state index in [9.17, 15) is 0 Å². The molecule has 119 valence electrons. The van der Waals surface area contributed by atoms with Crippen LogP contribution in [0.2, 0.25) is 0 Å². The molecule has 1 unspecified atom stereocenters. The monoisotopic (exact) mass is 281 g/mol. The first-order valence-electron chi connectivity index (χ1n) is 8.82. The third-order valence-corrected chi connectivity index (χ3v) is 3.87. The van der Waals surface area contributed by atoms with E-state index in [0.717, 1.165) is 6.42 Å². The van der Waals surface area contributed by atoms with E-state index in [4.69, 9.17) is 4.74 Å².